The lowest BCUT2D eigenvalue weighted by Gasteiger charge is -2.32. The SMILES string of the molecule is CCN1CCCC1CNC(=O)C1CC(C)CCC1N. The molecule has 0 bridgehead atoms. The van der Waals surface area contributed by atoms with Gasteiger partial charge < -0.3 is 11.1 Å². The van der Waals surface area contributed by atoms with Crippen LogP contribution in [0.25, 0.3) is 0 Å². The molecule has 4 heteroatoms. The second-order valence-electron chi connectivity index (χ2n) is 6.36. The van der Waals surface area contributed by atoms with Crippen molar-refractivity contribution in [1.82, 2.24) is 10.2 Å². The van der Waals surface area contributed by atoms with Gasteiger partial charge in [-0.05, 0) is 51.1 Å². The molecule has 3 N–H and O–H groups in total. The highest BCUT2D eigenvalue weighted by Gasteiger charge is 2.32. The van der Waals surface area contributed by atoms with Crippen LogP contribution in [0, 0.1) is 11.8 Å². The summed E-state index contributed by atoms with van der Waals surface area (Å²) < 4.78 is 0. The molecule has 1 saturated heterocycles. The molecule has 0 aromatic carbocycles. The number of likely N-dealkylation sites (tertiary alicyclic amines) is 1. The normalized spacial score (nSPS) is 36.4. The lowest BCUT2D eigenvalue weighted by molar-refractivity contribution is -0.127. The van der Waals surface area contributed by atoms with Gasteiger partial charge in [-0.25, -0.2) is 0 Å². The summed E-state index contributed by atoms with van der Waals surface area (Å²) >= 11 is 0. The quantitative estimate of drug-likeness (QED) is 0.808. The van der Waals surface area contributed by atoms with Gasteiger partial charge in [-0.3, -0.25) is 9.69 Å². The fourth-order valence-corrected chi connectivity index (χ4v) is 3.60. The number of nitrogens with two attached hydrogens (primary N) is 1. The van der Waals surface area contributed by atoms with Crippen LogP contribution in [0.15, 0.2) is 0 Å². The molecule has 2 aliphatic rings. The summed E-state index contributed by atoms with van der Waals surface area (Å²) in [6.45, 7) is 7.47. The van der Waals surface area contributed by atoms with Gasteiger partial charge in [0.05, 0.1) is 5.92 Å². The minimum Gasteiger partial charge on any atom is -0.354 e. The zero-order chi connectivity index (χ0) is 13.8. The summed E-state index contributed by atoms with van der Waals surface area (Å²) in [6, 6.07) is 0.591. The first-order valence-corrected chi connectivity index (χ1v) is 7.89. The van der Waals surface area contributed by atoms with Crippen LogP contribution in [0.1, 0.15) is 46.0 Å². The molecule has 0 aromatic heterocycles. The maximum Gasteiger partial charge on any atom is 0.224 e. The molecule has 0 spiro atoms. The highest BCUT2D eigenvalue weighted by Crippen LogP contribution is 2.28. The van der Waals surface area contributed by atoms with Crippen molar-refractivity contribution in [2.75, 3.05) is 19.6 Å². The summed E-state index contributed by atoms with van der Waals surface area (Å²) in [4.78, 5) is 14.8. The number of nitrogens with zero attached hydrogens (tertiary/aromatic N) is 1. The number of hydrogen-bond donors (Lipinski definition) is 2. The number of carbonyl (C=O) groups is 1. The molecule has 4 unspecified atom stereocenters. The molecule has 2 rings (SSSR count). The third kappa shape index (κ3) is 3.69. The van der Waals surface area contributed by atoms with E-state index in [9.17, 15) is 4.79 Å². The van der Waals surface area contributed by atoms with Crippen LogP contribution < -0.4 is 11.1 Å². The lowest BCUT2D eigenvalue weighted by Crippen LogP contribution is -2.48. The Kier molecular flexibility index (Phi) is 5.22. The van der Waals surface area contributed by atoms with Gasteiger partial charge in [0.25, 0.3) is 0 Å². The standard InChI is InChI=1S/C15H29N3O/c1-3-18-8-4-5-12(18)10-17-15(19)13-9-11(2)6-7-14(13)16/h11-14H,3-10,16H2,1-2H3,(H,17,19). The van der Waals surface area contributed by atoms with Gasteiger partial charge in [-0.1, -0.05) is 13.8 Å². The molecule has 1 saturated carbocycles. The van der Waals surface area contributed by atoms with Gasteiger partial charge in [-0.2, -0.15) is 0 Å². The molecular weight excluding hydrogens is 238 g/mol. The van der Waals surface area contributed by atoms with E-state index in [0.29, 0.717) is 12.0 Å². The summed E-state index contributed by atoms with van der Waals surface area (Å²) in [5, 5.41) is 3.15. The van der Waals surface area contributed by atoms with Crippen molar-refractivity contribution >= 4 is 5.91 Å². The number of amides is 1. The molecule has 110 valence electrons. The molecular formula is C15H29N3O. The average Bonchev–Trinajstić information content (AvgIpc) is 2.86. The Labute approximate surface area is 117 Å². The number of likely N-dealkylation sites (N-methyl/N-ethyl adjacent to an activating group) is 1. The first kappa shape index (κ1) is 14.8. The number of carbonyl (C=O) groups excluding carboxylic acids is 1. The number of hydrogen-bond acceptors (Lipinski definition) is 3. The summed E-state index contributed by atoms with van der Waals surface area (Å²) in [7, 11) is 0. The van der Waals surface area contributed by atoms with Gasteiger partial charge in [0.2, 0.25) is 5.91 Å². The smallest absolute Gasteiger partial charge is 0.224 e. The summed E-state index contributed by atoms with van der Waals surface area (Å²) in [5.41, 5.74) is 6.11. The van der Waals surface area contributed by atoms with Crippen LogP contribution >= 0.6 is 0 Å². The van der Waals surface area contributed by atoms with Crippen LogP contribution in [0.3, 0.4) is 0 Å². The highest BCUT2D eigenvalue weighted by atomic mass is 16.1. The van der Waals surface area contributed by atoms with E-state index in [2.05, 4.69) is 24.1 Å². The van der Waals surface area contributed by atoms with Gasteiger partial charge in [0.15, 0.2) is 0 Å². The summed E-state index contributed by atoms with van der Waals surface area (Å²) in [6.07, 6.45) is 5.58. The molecule has 1 amide bonds. The Morgan fingerprint density at radius 2 is 2.16 bits per heavy atom. The zero-order valence-corrected chi connectivity index (χ0v) is 12.4. The topological polar surface area (TPSA) is 58.4 Å². The van der Waals surface area contributed by atoms with E-state index in [0.717, 1.165) is 32.4 Å². The van der Waals surface area contributed by atoms with E-state index >= 15 is 0 Å². The van der Waals surface area contributed by atoms with Crippen molar-refractivity contribution in [1.29, 1.82) is 0 Å². The van der Waals surface area contributed by atoms with Crippen molar-refractivity contribution in [2.45, 2.75) is 58.0 Å². The molecule has 4 atom stereocenters. The van der Waals surface area contributed by atoms with Gasteiger partial charge in [0, 0.05) is 18.6 Å². The second kappa shape index (κ2) is 6.71. The van der Waals surface area contributed by atoms with Crippen molar-refractivity contribution in [2.24, 2.45) is 17.6 Å². The van der Waals surface area contributed by atoms with Crippen LogP contribution in [0.2, 0.25) is 0 Å². The predicted octanol–water partition coefficient (Wildman–Crippen LogP) is 1.35. The first-order valence-electron chi connectivity index (χ1n) is 7.89. The Morgan fingerprint density at radius 1 is 1.37 bits per heavy atom. The Bertz CT molecular complexity index is 308. The molecule has 1 heterocycles. The van der Waals surface area contributed by atoms with Crippen molar-refractivity contribution in [3.8, 4) is 0 Å². The van der Waals surface area contributed by atoms with Crippen molar-refractivity contribution in [3.05, 3.63) is 0 Å². The Morgan fingerprint density at radius 3 is 2.89 bits per heavy atom. The van der Waals surface area contributed by atoms with Crippen LogP contribution in [0.5, 0.6) is 0 Å². The highest BCUT2D eigenvalue weighted by molar-refractivity contribution is 5.79. The van der Waals surface area contributed by atoms with E-state index < -0.39 is 0 Å². The average molecular weight is 267 g/mol. The zero-order valence-electron chi connectivity index (χ0n) is 12.4. The summed E-state index contributed by atoms with van der Waals surface area (Å²) in [5.74, 6) is 0.844. The monoisotopic (exact) mass is 267 g/mol. The lowest BCUT2D eigenvalue weighted by atomic mass is 9.79. The maximum atomic E-state index is 12.3. The fourth-order valence-electron chi connectivity index (χ4n) is 3.60. The first-order chi connectivity index (χ1) is 9.11. The van der Waals surface area contributed by atoms with E-state index in [1.165, 1.54) is 19.4 Å². The van der Waals surface area contributed by atoms with E-state index in [4.69, 9.17) is 5.73 Å². The van der Waals surface area contributed by atoms with Gasteiger partial charge in [-0.15, -0.1) is 0 Å². The van der Waals surface area contributed by atoms with Crippen LogP contribution in [-0.2, 0) is 4.79 Å². The van der Waals surface area contributed by atoms with Gasteiger partial charge in [0.1, 0.15) is 0 Å². The van der Waals surface area contributed by atoms with Crippen molar-refractivity contribution in [3.63, 3.8) is 0 Å². The minimum atomic E-state index is 0.0280. The molecule has 1 aliphatic heterocycles. The largest absolute Gasteiger partial charge is 0.354 e. The molecule has 2 fully saturated rings. The van der Waals surface area contributed by atoms with Crippen molar-refractivity contribution < 1.29 is 4.79 Å². The van der Waals surface area contributed by atoms with Crippen LogP contribution in [0.4, 0.5) is 0 Å². The predicted molar refractivity (Wildman–Crippen MR) is 77.8 cm³/mol. The molecule has 1 aliphatic carbocycles. The molecule has 0 aromatic rings. The number of rotatable bonds is 4. The number of nitrogens with one attached hydrogen (secondary N) is 1. The van der Waals surface area contributed by atoms with E-state index in [1.54, 1.807) is 0 Å². The Balaban J connectivity index is 1.80. The van der Waals surface area contributed by atoms with Crippen LogP contribution in [-0.4, -0.2) is 42.5 Å². The minimum absolute atomic E-state index is 0.0280. The molecule has 4 nitrogen and oxygen atoms in total. The van der Waals surface area contributed by atoms with E-state index in [-0.39, 0.29) is 17.9 Å². The molecule has 19 heavy (non-hydrogen) atoms. The third-order valence-corrected chi connectivity index (χ3v) is 4.92. The van der Waals surface area contributed by atoms with E-state index in [1.807, 2.05) is 0 Å². The second-order valence-corrected chi connectivity index (χ2v) is 6.36. The fraction of sp³-hybridized carbons (Fsp3) is 0.933. The molecule has 0 radical (unpaired) electrons. The third-order valence-electron chi connectivity index (χ3n) is 4.92. The Hall–Kier alpha value is -0.610. The maximum absolute atomic E-state index is 12.3. The van der Waals surface area contributed by atoms with Gasteiger partial charge >= 0.3 is 0 Å².